The summed E-state index contributed by atoms with van der Waals surface area (Å²) in [6.45, 7) is 0.378. The highest BCUT2D eigenvalue weighted by atomic mass is 19.1. The van der Waals surface area contributed by atoms with E-state index < -0.39 is 17.7 Å². The Bertz CT molecular complexity index is 1470. The summed E-state index contributed by atoms with van der Waals surface area (Å²) in [5.41, 5.74) is 8.47. The van der Waals surface area contributed by atoms with Gasteiger partial charge in [-0.05, 0) is 61.5 Å². The van der Waals surface area contributed by atoms with Crippen molar-refractivity contribution < 1.29 is 32.5 Å². The third-order valence-corrected chi connectivity index (χ3v) is 6.97. The van der Waals surface area contributed by atoms with Gasteiger partial charge in [0.25, 0.3) is 0 Å². The van der Waals surface area contributed by atoms with E-state index in [4.69, 9.17) is 24.7 Å². The number of hydrogen-bond acceptors (Lipinski definition) is 7. The van der Waals surface area contributed by atoms with Crippen LogP contribution in [0.3, 0.4) is 0 Å². The fraction of sp³-hybridized carbons (Fsp3) is 0.267. The molecule has 1 aliphatic heterocycles. The van der Waals surface area contributed by atoms with Crippen LogP contribution in [0.4, 0.5) is 8.78 Å². The van der Waals surface area contributed by atoms with Crippen LogP contribution in [0.1, 0.15) is 47.1 Å². The van der Waals surface area contributed by atoms with E-state index in [2.05, 4.69) is 4.99 Å². The molecule has 1 aliphatic carbocycles. The van der Waals surface area contributed by atoms with Crippen LogP contribution in [0.15, 0.2) is 65.8 Å². The van der Waals surface area contributed by atoms with Crippen molar-refractivity contribution in [2.45, 2.75) is 31.3 Å². The first-order valence-corrected chi connectivity index (χ1v) is 12.6. The molecule has 0 spiro atoms. The number of hydrogen-bond donors (Lipinski definition) is 1. The molecule has 39 heavy (non-hydrogen) atoms. The van der Waals surface area contributed by atoms with Gasteiger partial charge in [-0.3, -0.25) is 9.79 Å². The fourth-order valence-electron chi connectivity index (χ4n) is 5.06. The van der Waals surface area contributed by atoms with E-state index in [1.165, 1.54) is 37.6 Å². The lowest BCUT2D eigenvalue weighted by molar-refractivity contribution is -0.141. The Kier molecular flexibility index (Phi) is 7.49. The summed E-state index contributed by atoms with van der Waals surface area (Å²) in [6, 6.07) is 12.7. The molecule has 3 aromatic carbocycles. The number of esters is 1. The summed E-state index contributed by atoms with van der Waals surface area (Å²) in [6.07, 6.45) is 3.63. The van der Waals surface area contributed by atoms with Gasteiger partial charge in [-0.25, -0.2) is 8.78 Å². The van der Waals surface area contributed by atoms with Gasteiger partial charge in [0.15, 0.2) is 11.6 Å². The van der Waals surface area contributed by atoms with Gasteiger partial charge in [-0.2, -0.15) is 0 Å². The average Bonchev–Trinajstić information content (AvgIpc) is 3.54. The van der Waals surface area contributed by atoms with E-state index >= 15 is 4.39 Å². The lowest BCUT2D eigenvalue weighted by atomic mass is 9.98. The van der Waals surface area contributed by atoms with Crippen LogP contribution < -0.4 is 19.9 Å². The summed E-state index contributed by atoms with van der Waals surface area (Å²) in [4.78, 5) is 15.8. The van der Waals surface area contributed by atoms with Gasteiger partial charge < -0.3 is 24.7 Å². The second-order valence-corrected chi connectivity index (χ2v) is 9.29. The molecule has 0 saturated heterocycles. The number of carbonyl (C=O) groups is 1. The maximum absolute atomic E-state index is 15.0. The molecule has 0 aromatic heterocycles. The highest BCUT2D eigenvalue weighted by molar-refractivity contribution is 6.08. The van der Waals surface area contributed by atoms with Crippen LogP contribution in [0, 0.1) is 11.6 Å². The topological polar surface area (TPSA) is 92.4 Å². The standard InChI is InChI=1S/C30H28F2N2O5/c1-34-24(11-12-33)17-3-8-26(23(32)13-17)39-25-10-7-22(31)30-21(25)6-9-27(30)38-19-4-5-20-18(14-29(35)36-2)16-37-28(20)15-19/h3-5,7-8,10-13,15,18,27H,6,9,14,16,33H2,1-2H3/t18-,27-/m1/s1. The van der Waals surface area contributed by atoms with E-state index in [0.717, 1.165) is 5.56 Å². The molecular weight excluding hydrogens is 506 g/mol. The second kappa shape index (κ2) is 11.1. The quantitative estimate of drug-likeness (QED) is 0.292. The molecule has 0 bridgehead atoms. The Labute approximate surface area is 224 Å². The molecule has 0 fully saturated rings. The maximum atomic E-state index is 15.0. The molecule has 5 rings (SSSR count). The minimum absolute atomic E-state index is 0.0152. The molecule has 1 heterocycles. The number of aliphatic imine (C=N–C) groups is 1. The molecule has 2 N–H and O–H groups in total. The molecule has 2 aliphatic rings. The van der Waals surface area contributed by atoms with Crippen molar-refractivity contribution in [2.75, 3.05) is 20.8 Å². The second-order valence-electron chi connectivity index (χ2n) is 9.29. The summed E-state index contributed by atoms with van der Waals surface area (Å²) < 4.78 is 52.6. The Balaban J connectivity index is 1.35. The molecule has 202 valence electrons. The van der Waals surface area contributed by atoms with Crippen LogP contribution in [0.5, 0.6) is 23.0 Å². The molecule has 9 heteroatoms. The number of ether oxygens (including phenoxy) is 4. The molecule has 3 aromatic rings. The average molecular weight is 535 g/mol. The summed E-state index contributed by atoms with van der Waals surface area (Å²) in [7, 11) is 2.95. The van der Waals surface area contributed by atoms with Gasteiger partial charge in [0.05, 0.1) is 25.8 Å². The fourth-order valence-corrected chi connectivity index (χ4v) is 5.06. The van der Waals surface area contributed by atoms with Crippen LogP contribution in [0.25, 0.3) is 0 Å². The highest BCUT2D eigenvalue weighted by Crippen LogP contribution is 2.44. The van der Waals surface area contributed by atoms with Crippen molar-refractivity contribution in [2.24, 2.45) is 10.7 Å². The molecule has 7 nitrogen and oxygen atoms in total. The normalized spacial score (nSPS) is 18.0. The van der Waals surface area contributed by atoms with Gasteiger partial charge in [0, 0.05) is 41.3 Å². The Hall–Kier alpha value is -4.40. The third kappa shape index (κ3) is 5.30. The van der Waals surface area contributed by atoms with Crippen LogP contribution in [-0.2, 0) is 16.0 Å². The van der Waals surface area contributed by atoms with Crippen molar-refractivity contribution in [3.63, 3.8) is 0 Å². The first kappa shape index (κ1) is 26.2. The molecular formula is C30H28F2N2O5. The van der Waals surface area contributed by atoms with Gasteiger partial charge in [-0.1, -0.05) is 6.07 Å². The minimum Gasteiger partial charge on any atom is -0.492 e. The maximum Gasteiger partial charge on any atom is 0.306 e. The van der Waals surface area contributed by atoms with Crippen molar-refractivity contribution in [1.29, 1.82) is 0 Å². The molecule has 0 unspecified atom stereocenters. The number of carbonyl (C=O) groups excluding carboxylic acids is 1. The van der Waals surface area contributed by atoms with E-state index in [1.54, 1.807) is 31.3 Å². The summed E-state index contributed by atoms with van der Waals surface area (Å²) >= 11 is 0. The predicted molar refractivity (Wildman–Crippen MR) is 142 cm³/mol. The highest BCUT2D eigenvalue weighted by Gasteiger charge is 2.32. The smallest absolute Gasteiger partial charge is 0.306 e. The number of halogens is 2. The zero-order valence-corrected chi connectivity index (χ0v) is 21.6. The first-order valence-electron chi connectivity index (χ1n) is 12.6. The van der Waals surface area contributed by atoms with E-state index in [-0.39, 0.29) is 24.1 Å². The van der Waals surface area contributed by atoms with E-state index in [9.17, 15) is 9.18 Å². The summed E-state index contributed by atoms with van der Waals surface area (Å²) in [5.74, 6) is 0.173. The largest absolute Gasteiger partial charge is 0.492 e. The Morgan fingerprint density at radius 2 is 1.95 bits per heavy atom. The zero-order valence-electron chi connectivity index (χ0n) is 21.6. The van der Waals surface area contributed by atoms with Gasteiger partial charge in [0.2, 0.25) is 0 Å². The van der Waals surface area contributed by atoms with Crippen LogP contribution in [0.2, 0.25) is 0 Å². The van der Waals surface area contributed by atoms with Crippen molar-refractivity contribution >= 4 is 11.7 Å². The number of fused-ring (bicyclic) bond motifs is 2. The molecule has 0 amide bonds. The molecule has 2 atom stereocenters. The zero-order chi connectivity index (χ0) is 27.5. The van der Waals surface area contributed by atoms with Crippen molar-refractivity contribution in [3.05, 3.63) is 94.7 Å². The number of nitrogens with zero attached hydrogens (tertiary/aromatic N) is 1. The minimum atomic E-state index is -0.577. The lowest BCUT2D eigenvalue weighted by Crippen LogP contribution is -2.09. The number of allylic oxidation sites excluding steroid dienone is 1. The SMILES string of the molecule is CN=C(C=CN)c1ccc(Oc2ccc(F)c3c2CC[C@H]3Oc2ccc3c(c2)OC[C@H]3CC(=O)OC)c(F)c1. The van der Waals surface area contributed by atoms with Crippen LogP contribution in [-0.4, -0.2) is 32.4 Å². The van der Waals surface area contributed by atoms with E-state index in [1.807, 2.05) is 6.07 Å². The van der Waals surface area contributed by atoms with Crippen LogP contribution >= 0.6 is 0 Å². The number of rotatable bonds is 8. The number of benzene rings is 3. The predicted octanol–water partition coefficient (Wildman–Crippen LogP) is 5.75. The third-order valence-electron chi connectivity index (χ3n) is 6.97. The lowest BCUT2D eigenvalue weighted by Gasteiger charge is -2.17. The van der Waals surface area contributed by atoms with E-state index in [0.29, 0.717) is 59.1 Å². The monoisotopic (exact) mass is 534 g/mol. The number of methoxy groups -OCH3 is 1. The van der Waals surface area contributed by atoms with Crippen molar-refractivity contribution in [1.82, 2.24) is 0 Å². The Morgan fingerprint density at radius 1 is 1.13 bits per heavy atom. The molecule has 0 saturated carbocycles. The number of nitrogens with two attached hydrogens (primary N) is 1. The first-order chi connectivity index (χ1) is 18.9. The van der Waals surface area contributed by atoms with Gasteiger partial charge in [-0.15, -0.1) is 0 Å². The van der Waals surface area contributed by atoms with Gasteiger partial charge in [0.1, 0.15) is 29.2 Å². The van der Waals surface area contributed by atoms with Crippen molar-refractivity contribution in [3.8, 4) is 23.0 Å². The summed E-state index contributed by atoms with van der Waals surface area (Å²) in [5, 5.41) is 0. The Morgan fingerprint density at radius 3 is 2.69 bits per heavy atom. The molecule has 0 radical (unpaired) electrons. The van der Waals surface area contributed by atoms with Gasteiger partial charge >= 0.3 is 5.97 Å².